The summed E-state index contributed by atoms with van der Waals surface area (Å²) in [5.74, 6) is 0. The van der Waals surface area contributed by atoms with Gasteiger partial charge in [0.15, 0.2) is 0 Å². The molecule has 1 aromatic carbocycles. The first-order valence-electron chi connectivity index (χ1n) is 4.35. The minimum absolute atomic E-state index is 0.173. The quantitative estimate of drug-likeness (QED) is 0.865. The number of rotatable bonds is 4. The molecule has 4 nitrogen and oxygen atoms in total. The van der Waals surface area contributed by atoms with Gasteiger partial charge in [0, 0.05) is 4.47 Å². The molecule has 84 valence electrons. The lowest BCUT2D eigenvalue weighted by molar-refractivity contribution is 0.0409. The van der Waals surface area contributed by atoms with E-state index in [4.69, 9.17) is 4.84 Å². The van der Waals surface area contributed by atoms with Gasteiger partial charge in [-0.25, -0.2) is 8.42 Å². The lowest BCUT2D eigenvalue weighted by Gasteiger charge is -2.09. The standard InChI is InChI=1S/C9H12BrNO3S/c1-7(2)14-11-15(12,13)9-5-3-8(10)4-6-9/h3-7,11H,1-2H3. The molecule has 0 aliphatic rings. The van der Waals surface area contributed by atoms with Crippen LogP contribution in [0.1, 0.15) is 13.8 Å². The van der Waals surface area contributed by atoms with Crippen molar-refractivity contribution in [2.75, 3.05) is 0 Å². The molecule has 0 saturated heterocycles. The van der Waals surface area contributed by atoms with E-state index in [1.807, 2.05) is 0 Å². The summed E-state index contributed by atoms with van der Waals surface area (Å²) in [5.41, 5.74) is 0. The van der Waals surface area contributed by atoms with Crippen molar-refractivity contribution in [1.29, 1.82) is 0 Å². The molecule has 0 atom stereocenters. The van der Waals surface area contributed by atoms with Gasteiger partial charge in [0.25, 0.3) is 10.0 Å². The van der Waals surface area contributed by atoms with Crippen molar-refractivity contribution in [3.63, 3.8) is 0 Å². The third-order valence-electron chi connectivity index (χ3n) is 1.52. The van der Waals surface area contributed by atoms with Crippen LogP contribution < -0.4 is 4.89 Å². The number of sulfonamides is 1. The number of hydrogen-bond donors (Lipinski definition) is 1. The first-order chi connectivity index (χ1) is 6.92. The fourth-order valence-electron chi connectivity index (χ4n) is 0.821. The molecule has 6 heteroatoms. The van der Waals surface area contributed by atoms with Gasteiger partial charge in [0.1, 0.15) is 0 Å². The zero-order valence-electron chi connectivity index (χ0n) is 8.40. The van der Waals surface area contributed by atoms with Crippen molar-refractivity contribution in [3.05, 3.63) is 28.7 Å². The van der Waals surface area contributed by atoms with Gasteiger partial charge in [-0.05, 0) is 38.1 Å². The molecule has 0 aliphatic heterocycles. The fraction of sp³-hybridized carbons (Fsp3) is 0.333. The van der Waals surface area contributed by atoms with E-state index in [0.717, 1.165) is 4.47 Å². The van der Waals surface area contributed by atoms with Crippen LogP contribution in [0.15, 0.2) is 33.6 Å². The van der Waals surface area contributed by atoms with E-state index in [1.165, 1.54) is 12.1 Å². The van der Waals surface area contributed by atoms with Gasteiger partial charge in [0.2, 0.25) is 0 Å². The van der Waals surface area contributed by atoms with Crippen molar-refractivity contribution in [2.45, 2.75) is 24.8 Å². The van der Waals surface area contributed by atoms with E-state index in [-0.39, 0.29) is 11.0 Å². The smallest absolute Gasteiger partial charge is 0.262 e. The molecule has 0 aromatic heterocycles. The van der Waals surface area contributed by atoms with Crippen molar-refractivity contribution >= 4 is 26.0 Å². The molecular weight excluding hydrogens is 282 g/mol. The maximum absolute atomic E-state index is 11.6. The third-order valence-corrected chi connectivity index (χ3v) is 3.25. The van der Waals surface area contributed by atoms with Gasteiger partial charge >= 0.3 is 0 Å². The SMILES string of the molecule is CC(C)ONS(=O)(=O)c1ccc(Br)cc1. The van der Waals surface area contributed by atoms with Crippen LogP contribution in [0.25, 0.3) is 0 Å². The highest BCUT2D eigenvalue weighted by molar-refractivity contribution is 9.10. The second kappa shape index (κ2) is 5.07. The maximum atomic E-state index is 11.6. The van der Waals surface area contributed by atoms with Crippen LogP contribution in [0.2, 0.25) is 0 Å². The summed E-state index contributed by atoms with van der Waals surface area (Å²) >= 11 is 3.23. The van der Waals surface area contributed by atoms with E-state index in [0.29, 0.717) is 0 Å². The molecule has 0 fully saturated rings. The lowest BCUT2D eigenvalue weighted by atomic mass is 10.4. The van der Waals surface area contributed by atoms with Crippen LogP contribution in [0, 0.1) is 0 Å². The number of hydrogen-bond acceptors (Lipinski definition) is 3. The summed E-state index contributed by atoms with van der Waals surface area (Å²) in [6, 6.07) is 6.31. The van der Waals surface area contributed by atoms with Crippen molar-refractivity contribution in [3.8, 4) is 0 Å². The minimum atomic E-state index is -3.57. The molecule has 0 radical (unpaired) electrons. The zero-order valence-corrected chi connectivity index (χ0v) is 10.8. The van der Waals surface area contributed by atoms with Crippen LogP contribution in [0.4, 0.5) is 0 Å². The van der Waals surface area contributed by atoms with Gasteiger partial charge in [-0.1, -0.05) is 20.8 Å². The predicted octanol–water partition coefficient (Wildman–Crippen LogP) is 2.07. The summed E-state index contributed by atoms with van der Waals surface area (Å²) in [6.45, 7) is 3.48. The van der Waals surface area contributed by atoms with Crippen LogP contribution in [-0.4, -0.2) is 14.5 Å². The highest BCUT2D eigenvalue weighted by atomic mass is 79.9. The first-order valence-corrected chi connectivity index (χ1v) is 6.62. The Morgan fingerprint density at radius 2 is 1.80 bits per heavy atom. The predicted molar refractivity (Wildman–Crippen MR) is 60.7 cm³/mol. The molecule has 15 heavy (non-hydrogen) atoms. The van der Waals surface area contributed by atoms with Crippen LogP contribution in [0.3, 0.4) is 0 Å². The Morgan fingerprint density at radius 3 is 2.27 bits per heavy atom. The van der Waals surface area contributed by atoms with Crippen molar-refractivity contribution in [1.82, 2.24) is 4.89 Å². The number of benzene rings is 1. The average molecular weight is 294 g/mol. The van der Waals surface area contributed by atoms with Crippen LogP contribution >= 0.6 is 15.9 Å². The molecule has 1 aromatic rings. The zero-order chi connectivity index (χ0) is 11.5. The highest BCUT2D eigenvalue weighted by Gasteiger charge is 2.14. The Balaban J connectivity index is 2.82. The molecule has 0 unspecified atom stereocenters. The summed E-state index contributed by atoms with van der Waals surface area (Å²) in [4.78, 5) is 7.07. The third kappa shape index (κ3) is 3.90. The lowest BCUT2D eigenvalue weighted by Crippen LogP contribution is -2.27. The van der Waals surface area contributed by atoms with E-state index in [1.54, 1.807) is 26.0 Å². The average Bonchev–Trinajstić information content (AvgIpc) is 2.16. The normalized spacial score (nSPS) is 12.0. The Labute approximate surface area is 97.8 Å². The second-order valence-electron chi connectivity index (χ2n) is 3.21. The fourth-order valence-corrected chi connectivity index (χ4v) is 2.00. The van der Waals surface area contributed by atoms with Crippen LogP contribution in [-0.2, 0) is 14.9 Å². The van der Waals surface area contributed by atoms with Gasteiger partial charge in [0.05, 0.1) is 11.0 Å². The largest absolute Gasteiger partial charge is 0.284 e. The van der Waals surface area contributed by atoms with E-state index >= 15 is 0 Å². The van der Waals surface area contributed by atoms with Crippen LogP contribution in [0.5, 0.6) is 0 Å². The van der Waals surface area contributed by atoms with E-state index in [9.17, 15) is 8.42 Å². The van der Waals surface area contributed by atoms with Crippen molar-refractivity contribution in [2.24, 2.45) is 0 Å². The minimum Gasteiger partial charge on any atom is -0.284 e. The summed E-state index contributed by atoms with van der Waals surface area (Å²) in [5, 5.41) is 0. The van der Waals surface area contributed by atoms with E-state index < -0.39 is 10.0 Å². The van der Waals surface area contributed by atoms with Crippen molar-refractivity contribution < 1.29 is 13.3 Å². The Kier molecular flexibility index (Phi) is 4.27. The molecule has 0 aliphatic carbocycles. The summed E-state index contributed by atoms with van der Waals surface area (Å²) < 4.78 is 24.0. The molecule has 0 heterocycles. The molecule has 0 saturated carbocycles. The Bertz CT molecular complexity index is 413. The van der Waals surface area contributed by atoms with Gasteiger partial charge in [-0.2, -0.15) is 0 Å². The maximum Gasteiger partial charge on any atom is 0.262 e. The Hall–Kier alpha value is -0.430. The Morgan fingerprint density at radius 1 is 1.27 bits per heavy atom. The molecule has 1 rings (SSSR count). The number of halogens is 1. The second-order valence-corrected chi connectivity index (χ2v) is 5.77. The monoisotopic (exact) mass is 293 g/mol. The molecule has 0 spiro atoms. The van der Waals surface area contributed by atoms with Gasteiger partial charge in [-0.3, -0.25) is 4.84 Å². The molecule has 1 N–H and O–H groups in total. The topological polar surface area (TPSA) is 55.4 Å². The highest BCUT2D eigenvalue weighted by Crippen LogP contribution is 2.14. The molecular formula is C9H12BrNO3S. The summed E-state index contributed by atoms with van der Waals surface area (Å²) in [6.07, 6.45) is -0.199. The summed E-state index contributed by atoms with van der Waals surface area (Å²) in [7, 11) is -3.57. The van der Waals surface area contributed by atoms with Gasteiger partial charge < -0.3 is 0 Å². The number of nitrogens with one attached hydrogen (secondary N) is 1. The first kappa shape index (κ1) is 12.6. The molecule has 0 bridgehead atoms. The van der Waals surface area contributed by atoms with Gasteiger partial charge in [-0.15, -0.1) is 0 Å². The molecule has 0 amide bonds. The van der Waals surface area contributed by atoms with E-state index in [2.05, 4.69) is 20.8 Å².